The van der Waals surface area contributed by atoms with E-state index in [0.29, 0.717) is 12.8 Å². The zero-order valence-corrected chi connectivity index (χ0v) is 12.9. The lowest BCUT2D eigenvalue weighted by molar-refractivity contribution is -0.140. The molecule has 0 bridgehead atoms. The van der Waals surface area contributed by atoms with E-state index in [4.69, 9.17) is 0 Å². The third-order valence-corrected chi connectivity index (χ3v) is 3.34. The van der Waals surface area contributed by atoms with Crippen LogP contribution in [0, 0.1) is 0 Å². The Bertz CT molecular complexity index is 259. The van der Waals surface area contributed by atoms with Gasteiger partial charge >= 0.3 is 5.97 Å². The molecule has 0 unspecified atom stereocenters. The van der Waals surface area contributed by atoms with Gasteiger partial charge in [0.1, 0.15) is 6.29 Å². The van der Waals surface area contributed by atoms with E-state index in [1.54, 1.807) is 0 Å². The summed E-state index contributed by atoms with van der Waals surface area (Å²) < 4.78 is 4.60. The quantitative estimate of drug-likeness (QED) is 0.202. The fourth-order valence-electron chi connectivity index (χ4n) is 2.07. The van der Waals surface area contributed by atoms with Crippen LogP contribution in [-0.2, 0) is 14.3 Å². The second-order valence-electron chi connectivity index (χ2n) is 5.16. The van der Waals surface area contributed by atoms with Gasteiger partial charge in [-0.15, -0.1) is 0 Å². The van der Waals surface area contributed by atoms with Crippen molar-refractivity contribution in [3.8, 4) is 0 Å². The molecule has 0 aromatic heterocycles. The van der Waals surface area contributed by atoms with Crippen LogP contribution in [0.4, 0.5) is 0 Å². The molecule has 20 heavy (non-hydrogen) atoms. The van der Waals surface area contributed by atoms with Crippen molar-refractivity contribution in [2.24, 2.45) is 0 Å². The smallest absolute Gasteiger partial charge is 0.305 e. The molecule has 3 nitrogen and oxygen atoms in total. The summed E-state index contributed by atoms with van der Waals surface area (Å²) in [5, 5.41) is 0. The van der Waals surface area contributed by atoms with Crippen molar-refractivity contribution in [3.63, 3.8) is 0 Å². The minimum atomic E-state index is -0.0962. The lowest BCUT2D eigenvalue weighted by Crippen LogP contribution is -1.98. The molecule has 0 rings (SSSR count). The molecule has 0 saturated carbocycles. The largest absolute Gasteiger partial charge is 0.469 e. The van der Waals surface area contributed by atoms with Gasteiger partial charge in [-0.05, 0) is 38.5 Å². The highest BCUT2D eigenvalue weighted by atomic mass is 16.5. The highest BCUT2D eigenvalue weighted by Crippen LogP contribution is 2.09. The van der Waals surface area contributed by atoms with Gasteiger partial charge in [0.05, 0.1) is 7.11 Å². The average Bonchev–Trinajstić information content (AvgIpc) is 2.47. The molecule has 0 aliphatic carbocycles. The van der Waals surface area contributed by atoms with Crippen LogP contribution in [0.3, 0.4) is 0 Å². The van der Waals surface area contributed by atoms with Gasteiger partial charge < -0.3 is 9.53 Å². The number of unbranched alkanes of at least 4 members (excludes halogenated alkanes) is 9. The molecule has 0 fully saturated rings. The minimum absolute atomic E-state index is 0.0962. The first-order valence-electron chi connectivity index (χ1n) is 7.96. The van der Waals surface area contributed by atoms with Crippen molar-refractivity contribution in [2.45, 2.75) is 77.0 Å². The molecule has 116 valence electrons. The van der Waals surface area contributed by atoms with Crippen molar-refractivity contribution < 1.29 is 14.3 Å². The van der Waals surface area contributed by atoms with Crippen molar-refractivity contribution in [2.75, 3.05) is 7.11 Å². The van der Waals surface area contributed by atoms with E-state index in [1.807, 2.05) is 0 Å². The summed E-state index contributed by atoms with van der Waals surface area (Å²) in [6, 6.07) is 0. The van der Waals surface area contributed by atoms with Gasteiger partial charge in [-0.25, -0.2) is 0 Å². The Kier molecular flexibility index (Phi) is 15.0. The summed E-state index contributed by atoms with van der Waals surface area (Å²) in [7, 11) is 1.44. The third-order valence-electron chi connectivity index (χ3n) is 3.34. The van der Waals surface area contributed by atoms with Gasteiger partial charge in [0, 0.05) is 12.8 Å². The fourth-order valence-corrected chi connectivity index (χ4v) is 2.07. The molecule has 0 spiro atoms. The number of allylic oxidation sites excluding steroid dienone is 2. The monoisotopic (exact) mass is 282 g/mol. The Hall–Kier alpha value is -1.12. The van der Waals surface area contributed by atoms with Crippen LogP contribution in [0.15, 0.2) is 12.2 Å². The van der Waals surface area contributed by atoms with E-state index in [2.05, 4.69) is 16.9 Å². The van der Waals surface area contributed by atoms with E-state index in [9.17, 15) is 9.59 Å². The van der Waals surface area contributed by atoms with E-state index >= 15 is 0 Å². The first-order valence-corrected chi connectivity index (χ1v) is 7.96. The average molecular weight is 282 g/mol. The topological polar surface area (TPSA) is 43.4 Å². The predicted octanol–water partition coefficient (Wildman–Crippen LogP) is 4.60. The molecule has 0 radical (unpaired) electrons. The predicted molar refractivity (Wildman–Crippen MR) is 82.6 cm³/mol. The Balaban J connectivity index is 3.11. The number of carbonyl (C=O) groups excluding carboxylic acids is 2. The van der Waals surface area contributed by atoms with Gasteiger partial charge in [0.25, 0.3) is 0 Å². The zero-order chi connectivity index (χ0) is 14.9. The summed E-state index contributed by atoms with van der Waals surface area (Å²) in [4.78, 5) is 21.0. The summed E-state index contributed by atoms with van der Waals surface area (Å²) >= 11 is 0. The maximum absolute atomic E-state index is 10.9. The molecular formula is C17H30O3. The summed E-state index contributed by atoms with van der Waals surface area (Å²) in [6.45, 7) is 0. The van der Waals surface area contributed by atoms with Gasteiger partial charge in [-0.2, -0.15) is 0 Å². The first-order chi connectivity index (χ1) is 9.81. The first kappa shape index (κ1) is 18.9. The van der Waals surface area contributed by atoms with Gasteiger partial charge in [-0.3, -0.25) is 4.79 Å². The van der Waals surface area contributed by atoms with Crippen LogP contribution >= 0.6 is 0 Å². The van der Waals surface area contributed by atoms with Crippen LogP contribution in [0.25, 0.3) is 0 Å². The maximum Gasteiger partial charge on any atom is 0.305 e. The van der Waals surface area contributed by atoms with Crippen LogP contribution < -0.4 is 0 Å². The number of aldehydes is 1. The summed E-state index contributed by atoms with van der Waals surface area (Å²) in [5.41, 5.74) is 0. The number of esters is 1. The van der Waals surface area contributed by atoms with E-state index in [0.717, 1.165) is 44.8 Å². The molecule has 0 aliphatic heterocycles. The maximum atomic E-state index is 10.9. The van der Waals surface area contributed by atoms with Crippen molar-refractivity contribution in [3.05, 3.63) is 12.2 Å². The van der Waals surface area contributed by atoms with E-state index in [1.165, 1.54) is 32.8 Å². The Morgan fingerprint density at radius 1 is 0.800 bits per heavy atom. The third kappa shape index (κ3) is 14.9. The fraction of sp³-hybridized carbons (Fsp3) is 0.765. The highest BCUT2D eigenvalue weighted by molar-refractivity contribution is 5.68. The Labute approximate surface area is 123 Å². The number of hydrogen-bond donors (Lipinski definition) is 0. The van der Waals surface area contributed by atoms with Crippen LogP contribution in [0.2, 0.25) is 0 Å². The van der Waals surface area contributed by atoms with Gasteiger partial charge in [0.15, 0.2) is 0 Å². The zero-order valence-electron chi connectivity index (χ0n) is 12.9. The molecule has 0 aromatic carbocycles. The van der Waals surface area contributed by atoms with Gasteiger partial charge in [-0.1, -0.05) is 37.8 Å². The molecule has 0 amide bonds. The van der Waals surface area contributed by atoms with Crippen LogP contribution in [0.1, 0.15) is 77.0 Å². The second-order valence-corrected chi connectivity index (χ2v) is 5.16. The normalized spacial score (nSPS) is 10.8. The number of ether oxygens (including phenoxy) is 1. The number of rotatable bonds is 14. The highest BCUT2D eigenvalue weighted by Gasteiger charge is 1.98. The van der Waals surface area contributed by atoms with Crippen molar-refractivity contribution >= 4 is 12.3 Å². The SMILES string of the molecule is COC(=O)CCCCCCCC=CCCCCCC=O. The molecule has 0 N–H and O–H groups in total. The summed E-state index contributed by atoms with van der Waals surface area (Å²) in [5.74, 6) is -0.0962. The molecule has 0 aromatic rings. The minimum Gasteiger partial charge on any atom is -0.469 e. The van der Waals surface area contributed by atoms with Crippen LogP contribution in [0.5, 0.6) is 0 Å². The number of methoxy groups -OCH3 is 1. The molecule has 0 saturated heterocycles. The van der Waals surface area contributed by atoms with Crippen molar-refractivity contribution in [1.29, 1.82) is 0 Å². The lowest BCUT2D eigenvalue weighted by Gasteiger charge is -2.00. The number of carbonyl (C=O) groups is 2. The second kappa shape index (κ2) is 15.9. The molecule has 0 aliphatic rings. The van der Waals surface area contributed by atoms with Crippen LogP contribution in [-0.4, -0.2) is 19.4 Å². The molecule has 3 heteroatoms. The Morgan fingerprint density at radius 2 is 1.30 bits per heavy atom. The van der Waals surface area contributed by atoms with Gasteiger partial charge in [0.2, 0.25) is 0 Å². The Morgan fingerprint density at radius 3 is 1.90 bits per heavy atom. The molecule has 0 atom stereocenters. The summed E-state index contributed by atoms with van der Waals surface area (Å²) in [6.07, 6.45) is 18.2. The lowest BCUT2D eigenvalue weighted by atomic mass is 10.1. The molecular weight excluding hydrogens is 252 g/mol. The van der Waals surface area contributed by atoms with E-state index < -0.39 is 0 Å². The standard InChI is InChI=1S/C17H30O3/c1-20-17(19)15-13-11-9-7-5-3-2-4-6-8-10-12-14-16-18/h2,4,16H,3,5-15H2,1H3. The molecule has 0 heterocycles. The van der Waals surface area contributed by atoms with E-state index in [-0.39, 0.29) is 5.97 Å². The number of hydrogen-bond acceptors (Lipinski definition) is 3. The van der Waals surface area contributed by atoms with Crippen molar-refractivity contribution in [1.82, 2.24) is 0 Å².